The van der Waals surface area contributed by atoms with Crippen LogP contribution < -0.4 is 5.32 Å². The predicted octanol–water partition coefficient (Wildman–Crippen LogP) is 3.12. The van der Waals surface area contributed by atoms with E-state index in [4.69, 9.17) is 0 Å². The van der Waals surface area contributed by atoms with Gasteiger partial charge in [0.1, 0.15) is 11.4 Å². The Morgan fingerprint density at radius 1 is 1.22 bits per heavy atom. The lowest BCUT2D eigenvalue weighted by molar-refractivity contribution is -0.385. The summed E-state index contributed by atoms with van der Waals surface area (Å²) in [7, 11) is 0. The highest BCUT2D eigenvalue weighted by molar-refractivity contribution is 5.99. The van der Waals surface area contributed by atoms with Crippen LogP contribution in [0.1, 0.15) is 34.9 Å². The minimum absolute atomic E-state index is 0.0307. The van der Waals surface area contributed by atoms with Crippen molar-refractivity contribution in [3.63, 3.8) is 0 Å². The summed E-state index contributed by atoms with van der Waals surface area (Å²) in [6, 6.07) is 9.72. The highest BCUT2D eigenvalue weighted by atomic mass is 19.1. The summed E-state index contributed by atoms with van der Waals surface area (Å²) in [5.74, 6) is -0.749. The van der Waals surface area contributed by atoms with E-state index >= 15 is 0 Å². The second kappa shape index (κ2) is 8.13. The molecule has 27 heavy (non-hydrogen) atoms. The number of aliphatic hydroxyl groups excluding tert-OH is 1. The normalized spacial score (nSPS) is 14.8. The first-order valence-electron chi connectivity index (χ1n) is 8.71. The van der Waals surface area contributed by atoms with E-state index in [2.05, 4.69) is 5.32 Å². The molecule has 2 aromatic rings. The Labute approximate surface area is 155 Å². The lowest BCUT2D eigenvalue weighted by atomic mass is 10.1. The third-order valence-corrected chi connectivity index (χ3v) is 4.57. The van der Waals surface area contributed by atoms with Crippen LogP contribution in [0.25, 0.3) is 0 Å². The molecule has 2 N–H and O–H groups in total. The number of rotatable bonds is 6. The summed E-state index contributed by atoms with van der Waals surface area (Å²) in [6.07, 6.45) is 0.890. The van der Waals surface area contributed by atoms with Crippen molar-refractivity contribution in [2.24, 2.45) is 0 Å². The maximum absolute atomic E-state index is 13.0. The molecule has 0 saturated carbocycles. The number of hydrogen-bond donors (Lipinski definition) is 2. The standard InChI is InChI=1S/C19H20FN3O4/c20-14-5-3-13(4-6-14)18(24)12-21-15-7-8-17(23(26)27)16(11-15)19(25)22-9-1-2-10-22/h3-8,11,18,21,24H,1-2,9-10,12H2. The maximum Gasteiger partial charge on any atom is 0.282 e. The third-order valence-electron chi connectivity index (χ3n) is 4.57. The van der Waals surface area contributed by atoms with Crippen molar-refractivity contribution in [1.29, 1.82) is 0 Å². The van der Waals surface area contributed by atoms with E-state index in [0.29, 0.717) is 24.3 Å². The summed E-state index contributed by atoms with van der Waals surface area (Å²) in [5.41, 5.74) is 0.822. The van der Waals surface area contributed by atoms with E-state index in [-0.39, 0.29) is 29.5 Å². The molecule has 1 fully saturated rings. The summed E-state index contributed by atoms with van der Waals surface area (Å²) in [6.45, 7) is 1.30. The molecule has 142 valence electrons. The number of amides is 1. The van der Waals surface area contributed by atoms with Gasteiger partial charge in [-0.15, -0.1) is 0 Å². The smallest absolute Gasteiger partial charge is 0.282 e. The maximum atomic E-state index is 13.0. The van der Waals surface area contributed by atoms with Crippen molar-refractivity contribution >= 4 is 17.3 Å². The Balaban J connectivity index is 1.75. The number of anilines is 1. The molecule has 7 nitrogen and oxygen atoms in total. The Kier molecular flexibility index (Phi) is 5.66. The fourth-order valence-corrected chi connectivity index (χ4v) is 3.08. The van der Waals surface area contributed by atoms with E-state index in [0.717, 1.165) is 12.8 Å². The average Bonchev–Trinajstić information content (AvgIpc) is 3.20. The first-order chi connectivity index (χ1) is 13.0. The van der Waals surface area contributed by atoms with Gasteiger partial charge in [0, 0.05) is 31.4 Å². The van der Waals surface area contributed by atoms with Crippen molar-refractivity contribution < 1.29 is 19.2 Å². The zero-order valence-corrected chi connectivity index (χ0v) is 14.6. The topological polar surface area (TPSA) is 95.7 Å². The molecular formula is C19H20FN3O4. The van der Waals surface area contributed by atoms with E-state index in [1.165, 1.54) is 42.5 Å². The molecular weight excluding hydrogens is 353 g/mol. The number of aliphatic hydroxyl groups is 1. The van der Waals surface area contributed by atoms with Crippen molar-refractivity contribution in [2.75, 3.05) is 25.0 Å². The van der Waals surface area contributed by atoms with Crippen LogP contribution in [0.2, 0.25) is 0 Å². The SMILES string of the molecule is O=C(c1cc(NCC(O)c2ccc(F)cc2)ccc1[N+](=O)[O-])N1CCCC1. The molecule has 3 rings (SSSR count). The molecule has 0 bridgehead atoms. The minimum atomic E-state index is -0.890. The molecule has 1 aliphatic rings. The number of nitro groups is 1. The van der Waals surface area contributed by atoms with Gasteiger partial charge in [-0.05, 0) is 42.7 Å². The molecule has 1 unspecified atom stereocenters. The Morgan fingerprint density at radius 3 is 2.52 bits per heavy atom. The second-order valence-corrected chi connectivity index (χ2v) is 6.44. The number of benzene rings is 2. The van der Waals surface area contributed by atoms with Crippen molar-refractivity contribution in [3.8, 4) is 0 Å². The van der Waals surface area contributed by atoms with Crippen LogP contribution in [0.5, 0.6) is 0 Å². The molecule has 1 saturated heterocycles. The molecule has 8 heteroatoms. The predicted molar refractivity (Wildman–Crippen MR) is 98.1 cm³/mol. The van der Waals surface area contributed by atoms with Gasteiger partial charge in [0.15, 0.2) is 0 Å². The van der Waals surface area contributed by atoms with E-state index < -0.39 is 11.0 Å². The zero-order chi connectivity index (χ0) is 19.4. The summed E-state index contributed by atoms with van der Waals surface area (Å²) in [5, 5.41) is 24.4. The van der Waals surface area contributed by atoms with Gasteiger partial charge in [-0.3, -0.25) is 14.9 Å². The molecule has 0 radical (unpaired) electrons. The van der Waals surface area contributed by atoms with Gasteiger partial charge in [-0.2, -0.15) is 0 Å². The first-order valence-corrected chi connectivity index (χ1v) is 8.71. The monoisotopic (exact) mass is 373 g/mol. The van der Waals surface area contributed by atoms with Crippen LogP contribution in [-0.2, 0) is 0 Å². The summed E-state index contributed by atoms with van der Waals surface area (Å²) < 4.78 is 13.0. The highest BCUT2D eigenvalue weighted by Gasteiger charge is 2.27. The fraction of sp³-hybridized carbons (Fsp3) is 0.316. The van der Waals surface area contributed by atoms with Crippen LogP contribution in [-0.4, -0.2) is 40.5 Å². The second-order valence-electron chi connectivity index (χ2n) is 6.44. The lowest BCUT2D eigenvalue weighted by Crippen LogP contribution is -2.28. The molecule has 1 atom stereocenters. The van der Waals surface area contributed by atoms with Gasteiger partial charge in [-0.25, -0.2) is 4.39 Å². The van der Waals surface area contributed by atoms with E-state index in [9.17, 15) is 24.4 Å². The first kappa shape index (κ1) is 18.8. The van der Waals surface area contributed by atoms with Gasteiger partial charge in [-0.1, -0.05) is 12.1 Å². The van der Waals surface area contributed by atoms with Crippen LogP contribution in [0.15, 0.2) is 42.5 Å². The van der Waals surface area contributed by atoms with Gasteiger partial charge >= 0.3 is 0 Å². The zero-order valence-electron chi connectivity index (χ0n) is 14.6. The lowest BCUT2D eigenvalue weighted by Gasteiger charge is -2.17. The number of likely N-dealkylation sites (tertiary alicyclic amines) is 1. The van der Waals surface area contributed by atoms with Crippen LogP contribution >= 0.6 is 0 Å². The summed E-state index contributed by atoms with van der Waals surface area (Å²) in [4.78, 5) is 24.9. The van der Waals surface area contributed by atoms with Crippen molar-refractivity contribution in [3.05, 3.63) is 69.5 Å². The third kappa shape index (κ3) is 4.40. The van der Waals surface area contributed by atoms with Gasteiger partial charge in [0.25, 0.3) is 11.6 Å². The van der Waals surface area contributed by atoms with Gasteiger partial charge in [0.05, 0.1) is 11.0 Å². The number of halogens is 1. The number of carbonyl (C=O) groups is 1. The number of nitrogens with one attached hydrogen (secondary N) is 1. The molecule has 0 aromatic heterocycles. The van der Waals surface area contributed by atoms with Crippen LogP contribution in [0.3, 0.4) is 0 Å². The number of hydrogen-bond acceptors (Lipinski definition) is 5. The van der Waals surface area contributed by atoms with Crippen LogP contribution in [0.4, 0.5) is 15.8 Å². The molecule has 1 aliphatic heterocycles. The summed E-state index contributed by atoms with van der Waals surface area (Å²) >= 11 is 0. The number of nitro benzene ring substituents is 1. The fourth-order valence-electron chi connectivity index (χ4n) is 3.08. The number of carbonyl (C=O) groups excluding carboxylic acids is 1. The Bertz CT molecular complexity index is 835. The molecule has 1 heterocycles. The van der Waals surface area contributed by atoms with Gasteiger partial charge in [0.2, 0.25) is 0 Å². The number of nitrogens with zero attached hydrogens (tertiary/aromatic N) is 2. The Morgan fingerprint density at radius 2 is 1.89 bits per heavy atom. The molecule has 1 amide bonds. The van der Waals surface area contributed by atoms with Crippen LogP contribution in [0, 0.1) is 15.9 Å². The van der Waals surface area contributed by atoms with E-state index in [1.807, 2.05) is 0 Å². The highest BCUT2D eigenvalue weighted by Crippen LogP contribution is 2.26. The van der Waals surface area contributed by atoms with Crippen molar-refractivity contribution in [2.45, 2.75) is 18.9 Å². The van der Waals surface area contributed by atoms with Gasteiger partial charge < -0.3 is 15.3 Å². The quantitative estimate of drug-likeness (QED) is 0.599. The largest absolute Gasteiger partial charge is 0.387 e. The van der Waals surface area contributed by atoms with E-state index in [1.54, 1.807) is 4.90 Å². The average molecular weight is 373 g/mol. The van der Waals surface area contributed by atoms with Crippen molar-refractivity contribution in [1.82, 2.24) is 4.90 Å². The molecule has 2 aromatic carbocycles. The Hall–Kier alpha value is -3.00. The molecule has 0 spiro atoms. The minimum Gasteiger partial charge on any atom is -0.387 e. The molecule has 0 aliphatic carbocycles.